The molecule has 134 valence electrons. The third-order valence-corrected chi connectivity index (χ3v) is 3.72. The minimum Gasteiger partial charge on any atom is -0.497 e. The van der Waals surface area contributed by atoms with Crippen molar-refractivity contribution in [1.29, 1.82) is 0 Å². The van der Waals surface area contributed by atoms with Crippen molar-refractivity contribution in [3.8, 4) is 17.2 Å². The van der Waals surface area contributed by atoms with E-state index in [1.54, 1.807) is 37.5 Å². The molecule has 1 heterocycles. The number of methoxy groups -OCH3 is 1. The Morgan fingerprint density at radius 2 is 1.88 bits per heavy atom. The molecular formula is C20H18O6. The average Bonchev–Trinajstić information content (AvgIpc) is 2.70. The van der Waals surface area contributed by atoms with Crippen molar-refractivity contribution in [2.75, 3.05) is 26.9 Å². The van der Waals surface area contributed by atoms with Gasteiger partial charge >= 0.3 is 5.97 Å². The van der Waals surface area contributed by atoms with Gasteiger partial charge in [-0.05, 0) is 42.0 Å². The maximum absolute atomic E-state index is 12.2. The summed E-state index contributed by atoms with van der Waals surface area (Å²) in [6.07, 6.45) is 2.87. The lowest BCUT2D eigenvalue weighted by molar-refractivity contribution is -0.136. The molecule has 1 aliphatic rings. The summed E-state index contributed by atoms with van der Waals surface area (Å²) >= 11 is 0. The Morgan fingerprint density at radius 3 is 2.69 bits per heavy atom. The first kappa shape index (κ1) is 17.5. The highest BCUT2D eigenvalue weighted by atomic mass is 16.6. The second kappa shape index (κ2) is 8.20. The molecule has 2 aromatic rings. The zero-order chi connectivity index (χ0) is 18.4. The molecule has 0 saturated heterocycles. The Kier molecular flexibility index (Phi) is 5.53. The van der Waals surface area contributed by atoms with Crippen LogP contribution in [0.25, 0.3) is 6.08 Å². The summed E-state index contributed by atoms with van der Waals surface area (Å²) < 4.78 is 21.0. The lowest BCUT2D eigenvalue weighted by Crippen LogP contribution is -2.17. The minimum atomic E-state index is -0.598. The Balaban J connectivity index is 1.55. The average molecular weight is 354 g/mol. The van der Waals surface area contributed by atoms with Gasteiger partial charge in [-0.25, -0.2) is 4.79 Å². The first-order valence-corrected chi connectivity index (χ1v) is 8.07. The Bertz CT molecular complexity index is 840. The smallest absolute Gasteiger partial charge is 0.331 e. The zero-order valence-corrected chi connectivity index (χ0v) is 14.3. The largest absolute Gasteiger partial charge is 0.497 e. The van der Waals surface area contributed by atoms with Crippen molar-refractivity contribution < 1.29 is 28.5 Å². The van der Waals surface area contributed by atoms with Gasteiger partial charge in [0.1, 0.15) is 19.0 Å². The van der Waals surface area contributed by atoms with E-state index in [1.807, 2.05) is 18.2 Å². The summed E-state index contributed by atoms with van der Waals surface area (Å²) in [4.78, 5) is 24.0. The number of esters is 1. The van der Waals surface area contributed by atoms with Crippen molar-refractivity contribution >= 4 is 17.8 Å². The monoisotopic (exact) mass is 354 g/mol. The van der Waals surface area contributed by atoms with Crippen LogP contribution in [0.1, 0.15) is 15.9 Å². The molecule has 6 heteroatoms. The third kappa shape index (κ3) is 4.42. The number of rotatable bonds is 6. The van der Waals surface area contributed by atoms with Gasteiger partial charge < -0.3 is 18.9 Å². The van der Waals surface area contributed by atoms with Gasteiger partial charge in [-0.2, -0.15) is 0 Å². The Hall–Kier alpha value is -3.28. The Labute approximate surface area is 150 Å². The quantitative estimate of drug-likeness (QED) is 0.451. The van der Waals surface area contributed by atoms with Gasteiger partial charge in [0.05, 0.1) is 7.11 Å². The number of benzene rings is 2. The van der Waals surface area contributed by atoms with Crippen molar-refractivity contribution in [2.24, 2.45) is 0 Å². The van der Waals surface area contributed by atoms with Crippen LogP contribution in [0, 0.1) is 0 Å². The van der Waals surface area contributed by atoms with E-state index in [0.29, 0.717) is 36.0 Å². The number of carbonyl (C=O) groups excluding carboxylic acids is 2. The molecule has 0 spiro atoms. The second-order valence-corrected chi connectivity index (χ2v) is 5.50. The van der Waals surface area contributed by atoms with Crippen LogP contribution in [-0.4, -0.2) is 38.7 Å². The van der Waals surface area contributed by atoms with Gasteiger partial charge in [-0.3, -0.25) is 4.79 Å². The first-order valence-electron chi connectivity index (χ1n) is 8.07. The lowest BCUT2D eigenvalue weighted by Gasteiger charge is -2.18. The SMILES string of the molecule is COc1cccc(/C=C/C(=O)OCC(=O)c2ccc3c(c2)OCCO3)c1. The van der Waals surface area contributed by atoms with Crippen LogP contribution in [0.4, 0.5) is 0 Å². The summed E-state index contributed by atoms with van der Waals surface area (Å²) in [5.41, 5.74) is 1.19. The molecule has 2 aromatic carbocycles. The molecule has 0 radical (unpaired) electrons. The van der Waals surface area contributed by atoms with E-state index >= 15 is 0 Å². The maximum Gasteiger partial charge on any atom is 0.331 e. The van der Waals surface area contributed by atoms with Crippen LogP contribution in [0.5, 0.6) is 17.2 Å². The number of hydrogen-bond donors (Lipinski definition) is 0. The van der Waals surface area contributed by atoms with Gasteiger partial charge in [0.2, 0.25) is 0 Å². The van der Waals surface area contributed by atoms with Crippen molar-refractivity contribution in [3.05, 3.63) is 59.7 Å². The molecule has 3 rings (SSSR count). The molecular weight excluding hydrogens is 336 g/mol. The summed E-state index contributed by atoms with van der Waals surface area (Å²) in [5.74, 6) is 0.899. The minimum absolute atomic E-state index is 0.315. The highest BCUT2D eigenvalue weighted by molar-refractivity contribution is 5.99. The second-order valence-electron chi connectivity index (χ2n) is 5.50. The number of fused-ring (bicyclic) bond motifs is 1. The molecule has 0 saturated carbocycles. The normalized spacial score (nSPS) is 12.7. The summed E-state index contributed by atoms with van der Waals surface area (Å²) in [6.45, 7) is 0.577. The molecule has 26 heavy (non-hydrogen) atoms. The fraction of sp³-hybridized carbons (Fsp3) is 0.200. The number of carbonyl (C=O) groups is 2. The van der Waals surface area contributed by atoms with Crippen LogP contribution in [0.3, 0.4) is 0 Å². The standard InChI is InChI=1S/C20H18O6/c1-23-16-4-2-3-14(11-16)5-8-20(22)26-13-17(21)15-6-7-18-19(12-15)25-10-9-24-18/h2-8,11-12H,9-10,13H2,1H3/b8-5+. The van der Waals surface area contributed by atoms with E-state index in [-0.39, 0.29) is 12.4 Å². The van der Waals surface area contributed by atoms with Crippen LogP contribution < -0.4 is 14.2 Å². The maximum atomic E-state index is 12.2. The third-order valence-electron chi connectivity index (χ3n) is 3.72. The molecule has 0 N–H and O–H groups in total. The van der Waals surface area contributed by atoms with Crippen molar-refractivity contribution in [2.45, 2.75) is 0 Å². The number of hydrogen-bond acceptors (Lipinski definition) is 6. The van der Waals surface area contributed by atoms with Crippen LogP contribution >= 0.6 is 0 Å². The van der Waals surface area contributed by atoms with Gasteiger partial charge in [0.15, 0.2) is 23.9 Å². The molecule has 0 bridgehead atoms. The van der Waals surface area contributed by atoms with Crippen LogP contribution in [0.2, 0.25) is 0 Å². The first-order chi connectivity index (χ1) is 12.7. The van der Waals surface area contributed by atoms with E-state index in [9.17, 15) is 9.59 Å². The molecule has 0 amide bonds. The van der Waals surface area contributed by atoms with Gasteiger partial charge in [0.25, 0.3) is 0 Å². The molecule has 6 nitrogen and oxygen atoms in total. The summed E-state index contributed by atoms with van der Waals surface area (Å²) in [7, 11) is 1.57. The predicted octanol–water partition coefficient (Wildman–Crippen LogP) is 2.91. The molecule has 0 aliphatic carbocycles. The zero-order valence-electron chi connectivity index (χ0n) is 14.3. The molecule has 0 fully saturated rings. The molecule has 0 atom stereocenters. The van der Waals surface area contributed by atoms with Crippen molar-refractivity contribution in [3.63, 3.8) is 0 Å². The fourth-order valence-electron chi connectivity index (χ4n) is 2.39. The van der Waals surface area contributed by atoms with Crippen LogP contribution in [0.15, 0.2) is 48.5 Å². The lowest BCUT2D eigenvalue weighted by atomic mass is 10.1. The molecule has 1 aliphatic heterocycles. The molecule has 0 aromatic heterocycles. The van der Waals surface area contributed by atoms with E-state index in [4.69, 9.17) is 18.9 Å². The van der Waals surface area contributed by atoms with Gasteiger partial charge in [-0.1, -0.05) is 12.1 Å². The van der Waals surface area contributed by atoms with Crippen molar-refractivity contribution in [1.82, 2.24) is 0 Å². The topological polar surface area (TPSA) is 71.1 Å². The number of ether oxygens (including phenoxy) is 4. The summed E-state index contributed by atoms with van der Waals surface area (Å²) in [5, 5.41) is 0. The molecule has 0 unspecified atom stereocenters. The van der Waals surface area contributed by atoms with Gasteiger partial charge in [0, 0.05) is 11.6 Å². The summed E-state index contributed by atoms with van der Waals surface area (Å²) in [6, 6.07) is 12.1. The van der Waals surface area contributed by atoms with E-state index < -0.39 is 5.97 Å². The Morgan fingerprint density at radius 1 is 1.08 bits per heavy atom. The predicted molar refractivity (Wildman–Crippen MR) is 94.7 cm³/mol. The highest BCUT2D eigenvalue weighted by Gasteiger charge is 2.15. The van der Waals surface area contributed by atoms with E-state index in [2.05, 4.69) is 0 Å². The number of Topliss-reactive ketones (excluding diaryl/α,β-unsaturated/α-hetero) is 1. The fourth-order valence-corrected chi connectivity index (χ4v) is 2.39. The van der Waals surface area contributed by atoms with E-state index in [0.717, 1.165) is 5.56 Å². The number of ketones is 1. The van der Waals surface area contributed by atoms with Gasteiger partial charge in [-0.15, -0.1) is 0 Å². The van der Waals surface area contributed by atoms with E-state index in [1.165, 1.54) is 6.08 Å². The highest BCUT2D eigenvalue weighted by Crippen LogP contribution is 2.30. The van der Waals surface area contributed by atoms with Crippen LogP contribution in [-0.2, 0) is 9.53 Å².